The number of allylic oxidation sites excluding steroid dienone is 1. The minimum Gasteiger partial charge on any atom is -0.456 e. The van der Waals surface area contributed by atoms with Gasteiger partial charge in [-0.2, -0.15) is 0 Å². The number of amides is 3. The Kier molecular flexibility index (Phi) is 10.8. The lowest BCUT2D eigenvalue weighted by Gasteiger charge is -2.24. The van der Waals surface area contributed by atoms with Crippen molar-refractivity contribution in [1.29, 1.82) is 0 Å². The molecule has 36 heavy (non-hydrogen) atoms. The van der Waals surface area contributed by atoms with Gasteiger partial charge in [0.15, 0.2) is 16.6 Å². The molecule has 1 aliphatic heterocycles. The second kappa shape index (κ2) is 13.5. The second-order valence-electron chi connectivity index (χ2n) is 8.27. The molecule has 10 nitrogen and oxygen atoms in total. The molecule has 2 heterocycles. The molecular formula is C24H29FN4O6S. The molecule has 0 fully saturated rings. The number of carbonyl (C=O) groups excluding carboxylic acids is 5. The number of carbonyl (C=O) groups is 5. The molecule has 2 rings (SSSR count). The summed E-state index contributed by atoms with van der Waals surface area (Å²) in [6.45, 7) is 8.18. The van der Waals surface area contributed by atoms with Crippen LogP contribution in [0, 0.1) is 11.7 Å². The maximum atomic E-state index is 14.2. The van der Waals surface area contributed by atoms with E-state index in [1.807, 2.05) is 0 Å². The van der Waals surface area contributed by atoms with Gasteiger partial charge in [-0.15, -0.1) is 0 Å². The fourth-order valence-electron chi connectivity index (χ4n) is 3.05. The number of nitrogens with zero attached hydrogens (tertiary/aromatic N) is 1. The molecule has 0 saturated carbocycles. The van der Waals surface area contributed by atoms with E-state index in [1.54, 1.807) is 26.0 Å². The number of ether oxygens (including phenoxy) is 1. The van der Waals surface area contributed by atoms with Crippen molar-refractivity contribution in [3.8, 4) is 0 Å². The summed E-state index contributed by atoms with van der Waals surface area (Å²) in [5.41, 5.74) is -0.793. The first-order valence-corrected chi connectivity index (χ1v) is 12.2. The van der Waals surface area contributed by atoms with Gasteiger partial charge in [0.2, 0.25) is 5.91 Å². The maximum absolute atomic E-state index is 14.2. The average molecular weight is 521 g/mol. The van der Waals surface area contributed by atoms with Gasteiger partial charge in [0.1, 0.15) is 12.1 Å². The van der Waals surface area contributed by atoms with Crippen molar-refractivity contribution in [2.45, 2.75) is 52.3 Å². The number of rotatable bonds is 5. The Bertz CT molecular complexity index is 1070. The first-order chi connectivity index (χ1) is 17.0. The van der Waals surface area contributed by atoms with Crippen LogP contribution in [-0.2, 0) is 30.5 Å². The van der Waals surface area contributed by atoms with Gasteiger partial charge >= 0.3 is 5.97 Å². The molecule has 2 atom stereocenters. The summed E-state index contributed by atoms with van der Waals surface area (Å²) in [4.78, 5) is 65.5. The second-order valence-corrected chi connectivity index (χ2v) is 9.55. The molecule has 1 aromatic rings. The molecule has 3 amide bonds. The van der Waals surface area contributed by atoms with Crippen molar-refractivity contribution in [3.63, 3.8) is 0 Å². The molecule has 0 aliphatic carbocycles. The third-order valence-corrected chi connectivity index (χ3v) is 5.77. The van der Waals surface area contributed by atoms with Crippen LogP contribution in [0.1, 0.15) is 49.8 Å². The number of hydrogen-bond acceptors (Lipinski definition) is 8. The SMILES string of the molecule is C=C1NC(=O)c2nc(ccc2F)CNC(=O)C[C@@H](/C=C/CCSC(C)=O)OC(=O)[C@H](C(C)C)NC1=O. The molecule has 1 aliphatic rings. The summed E-state index contributed by atoms with van der Waals surface area (Å²) in [7, 11) is 0. The fraction of sp³-hybridized carbons (Fsp3) is 0.417. The van der Waals surface area contributed by atoms with Crippen molar-refractivity contribution in [2.24, 2.45) is 5.92 Å². The van der Waals surface area contributed by atoms with Gasteiger partial charge in [-0.05, 0) is 30.5 Å². The highest BCUT2D eigenvalue weighted by molar-refractivity contribution is 8.13. The molecule has 0 saturated heterocycles. The van der Waals surface area contributed by atoms with Crippen molar-refractivity contribution < 1.29 is 33.1 Å². The van der Waals surface area contributed by atoms with E-state index in [-0.39, 0.29) is 23.8 Å². The van der Waals surface area contributed by atoms with E-state index < -0.39 is 59.0 Å². The van der Waals surface area contributed by atoms with Crippen LogP contribution in [0.4, 0.5) is 4.39 Å². The summed E-state index contributed by atoms with van der Waals surface area (Å²) < 4.78 is 19.7. The lowest BCUT2D eigenvalue weighted by molar-refractivity contribution is -0.153. The van der Waals surface area contributed by atoms with Crippen LogP contribution in [0.2, 0.25) is 0 Å². The molecule has 0 radical (unpaired) electrons. The van der Waals surface area contributed by atoms with E-state index in [9.17, 15) is 28.4 Å². The number of fused-ring (bicyclic) bond motifs is 2. The van der Waals surface area contributed by atoms with Gasteiger partial charge in [-0.1, -0.05) is 38.3 Å². The van der Waals surface area contributed by atoms with Gasteiger partial charge in [-0.25, -0.2) is 14.2 Å². The summed E-state index contributed by atoms with van der Waals surface area (Å²) in [5, 5.41) is 7.21. The number of cyclic esters (lactones) is 1. The van der Waals surface area contributed by atoms with Crippen LogP contribution in [0.3, 0.4) is 0 Å². The van der Waals surface area contributed by atoms with Crippen LogP contribution in [0.25, 0.3) is 0 Å². The number of thioether (sulfide) groups is 1. The van der Waals surface area contributed by atoms with Crippen LogP contribution >= 0.6 is 11.8 Å². The highest BCUT2D eigenvalue weighted by atomic mass is 32.2. The Hall–Kier alpha value is -3.54. The van der Waals surface area contributed by atoms with Crippen molar-refractivity contribution in [3.05, 3.63) is 53.8 Å². The normalized spacial score (nSPS) is 20.1. The number of pyridine rings is 1. The quantitative estimate of drug-likeness (QED) is 0.231. The summed E-state index contributed by atoms with van der Waals surface area (Å²) in [6, 6.07) is 1.20. The third-order valence-electron chi connectivity index (χ3n) is 4.93. The van der Waals surface area contributed by atoms with Crippen LogP contribution in [0.15, 0.2) is 36.6 Å². The van der Waals surface area contributed by atoms with Gasteiger partial charge in [0.05, 0.1) is 24.4 Å². The Balaban J connectivity index is 2.33. The summed E-state index contributed by atoms with van der Waals surface area (Å²) in [6.07, 6.45) is 2.57. The zero-order valence-electron chi connectivity index (χ0n) is 20.3. The standard InChI is InChI=1S/C24H29FN4O6S/c1-13(2)20-24(34)35-17(7-5-6-10-36-15(4)30)11-19(31)26-12-16-8-9-18(25)21(28-16)23(33)27-14(3)22(32)29-20/h5,7-9,13,17,20H,3,6,10-12H2,1-2,4H3,(H,26,31)(H,27,33)(H,29,32)/b7-5+/t17-,20+/m1/s1. The first kappa shape index (κ1) is 28.7. The van der Waals surface area contributed by atoms with Gasteiger partial charge in [-0.3, -0.25) is 19.2 Å². The molecule has 0 unspecified atom stereocenters. The van der Waals surface area contributed by atoms with Crippen LogP contribution < -0.4 is 16.0 Å². The smallest absolute Gasteiger partial charge is 0.329 e. The van der Waals surface area contributed by atoms with E-state index in [0.717, 1.165) is 17.8 Å². The number of hydrogen-bond donors (Lipinski definition) is 3. The topological polar surface area (TPSA) is 144 Å². The van der Waals surface area contributed by atoms with E-state index in [2.05, 4.69) is 27.5 Å². The summed E-state index contributed by atoms with van der Waals surface area (Å²) in [5.74, 6) is -3.96. The molecule has 1 aromatic heterocycles. The maximum Gasteiger partial charge on any atom is 0.329 e. The minimum absolute atomic E-state index is 0.0234. The number of esters is 1. The average Bonchev–Trinajstić information content (AvgIpc) is 2.80. The third kappa shape index (κ3) is 8.91. The molecule has 0 aromatic carbocycles. The van der Waals surface area contributed by atoms with E-state index in [0.29, 0.717) is 12.2 Å². The molecule has 2 bridgehead atoms. The lowest BCUT2D eigenvalue weighted by Crippen LogP contribution is -2.48. The molecule has 12 heteroatoms. The predicted molar refractivity (Wildman–Crippen MR) is 131 cm³/mol. The zero-order chi connectivity index (χ0) is 26.8. The van der Waals surface area contributed by atoms with E-state index in [1.165, 1.54) is 13.0 Å². The predicted octanol–water partition coefficient (Wildman–Crippen LogP) is 1.76. The largest absolute Gasteiger partial charge is 0.456 e. The fourth-order valence-corrected chi connectivity index (χ4v) is 3.59. The van der Waals surface area contributed by atoms with Gasteiger partial charge in [0, 0.05) is 12.7 Å². The Morgan fingerprint density at radius 2 is 2.00 bits per heavy atom. The lowest BCUT2D eigenvalue weighted by atomic mass is 10.0. The van der Waals surface area contributed by atoms with Crippen LogP contribution in [-0.4, -0.2) is 51.7 Å². The molecular weight excluding hydrogens is 491 g/mol. The highest BCUT2D eigenvalue weighted by Gasteiger charge is 2.30. The number of halogens is 1. The molecule has 194 valence electrons. The van der Waals surface area contributed by atoms with E-state index in [4.69, 9.17) is 4.74 Å². The van der Waals surface area contributed by atoms with Gasteiger partial charge in [0.25, 0.3) is 11.8 Å². The van der Waals surface area contributed by atoms with Crippen molar-refractivity contribution in [1.82, 2.24) is 20.9 Å². The number of nitrogens with one attached hydrogen (secondary N) is 3. The highest BCUT2D eigenvalue weighted by Crippen LogP contribution is 2.13. The minimum atomic E-state index is -1.12. The summed E-state index contributed by atoms with van der Waals surface area (Å²) >= 11 is 1.15. The Morgan fingerprint density at radius 1 is 1.28 bits per heavy atom. The van der Waals surface area contributed by atoms with E-state index >= 15 is 0 Å². The number of aromatic nitrogens is 1. The first-order valence-electron chi connectivity index (χ1n) is 11.2. The zero-order valence-corrected chi connectivity index (χ0v) is 21.1. The monoisotopic (exact) mass is 520 g/mol. The molecule has 3 N–H and O–H groups in total. The Labute approximate surface area is 212 Å². The van der Waals surface area contributed by atoms with Gasteiger partial charge < -0.3 is 20.7 Å². The van der Waals surface area contributed by atoms with Crippen molar-refractivity contribution >= 4 is 40.6 Å². The van der Waals surface area contributed by atoms with Crippen molar-refractivity contribution in [2.75, 3.05) is 5.75 Å². The molecule has 0 spiro atoms. The Morgan fingerprint density at radius 3 is 2.67 bits per heavy atom. The van der Waals surface area contributed by atoms with Crippen LogP contribution in [0.5, 0.6) is 0 Å².